The summed E-state index contributed by atoms with van der Waals surface area (Å²) in [6, 6.07) is 13.2. The van der Waals surface area contributed by atoms with Gasteiger partial charge < -0.3 is 0 Å². The largest absolute Gasteiger partial charge is 0.0814 e. The number of rotatable bonds is 3. The van der Waals surface area contributed by atoms with Gasteiger partial charge in [0.05, 0.1) is 0 Å². The Hall–Kier alpha value is -1.82. The van der Waals surface area contributed by atoms with Gasteiger partial charge in [-0.15, -0.1) is 0 Å². The number of benzene rings is 2. The fraction of sp³-hybridized carbons (Fsp3) is 0.300. The van der Waals surface area contributed by atoms with E-state index in [1.165, 1.54) is 33.4 Å². The zero-order chi connectivity index (χ0) is 14.7. The van der Waals surface area contributed by atoms with E-state index in [1.807, 2.05) is 0 Å². The Morgan fingerprint density at radius 3 is 2.15 bits per heavy atom. The molecule has 0 aliphatic carbocycles. The predicted molar refractivity (Wildman–Crippen MR) is 90.0 cm³/mol. The van der Waals surface area contributed by atoms with Gasteiger partial charge in [-0.05, 0) is 60.1 Å². The highest BCUT2D eigenvalue weighted by Gasteiger charge is 2.07. The Morgan fingerprint density at radius 1 is 0.800 bits per heavy atom. The van der Waals surface area contributed by atoms with Gasteiger partial charge in [0.2, 0.25) is 0 Å². The Kier molecular flexibility index (Phi) is 4.44. The molecule has 0 fully saturated rings. The maximum absolute atomic E-state index is 2.32. The van der Waals surface area contributed by atoms with Gasteiger partial charge in [0.25, 0.3) is 0 Å². The molecule has 0 heterocycles. The first-order valence-corrected chi connectivity index (χ1v) is 7.34. The van der Waals surface area contributed by atoms with Gasteiger partial charge in [-0.25, -0.2) is 0 Å². The maximum Gasteiger partial charge on any atom is -0.0149 e. The van der Waals surface area contributed by atoms with Crippen molar-refractivity contribution in [3.05, 3.63) is 64.7 Å². The lowest BCUT2D eigenvalue weighted by atomic mass is 9.92. The lowest BCUT2D eigenvalue weighted by Gasteiger charge is -2.13. The summed E-state index contributed by atoms with van der Waals surface area (Å²) < 4.78 is 0. The van der Waals surface area contributed by atoms with Gasteiger partial charge in [0, 0.05) is 0 Å². The third-order valence-corrected chi connectivity index (χ3v) is 3.71. The van der Waals surface area contributed by atoms with E-state index in [0.29, 0.717) is 5.92 Å². The van der Waals surface area contributed by atoms with Gasteiger partial charge >= 0.3 is 0 Å². The second kappa shape index (κ2) is 6.09. The van der Waals surface area contributed by atoms with Crippen LogP contribution >= 0.6 is 0 Å². The number of allylic oxidation sites excluding steroid dienone is 1. The number of hydrogen-bond acceptors (Lipinski definition) is 0. The van der Waals surface area contributed by atoms with Crippen LogP contribution in [-0.2, 0) is 0 Å². The molecular weight excluding hydrogens is 240 g/mol. The summed E-state index contributed by atoms with van der Waals surface area (Å²) in [6.45, 7) is 11.0. The van der Waals surface area contributed by atoms with Crippen LogP contribution in [0, 0.1) is 26.7 Å². The first kappa shape index (κ1) is 14.6. The van der Waals surface area contributed by atoms with E-state index < -0.39 is 0 Å². The standard InChI is InChI=1S/C20H24/c1-14(2)10-11-18-12-17(5)20(13-16(18)4)19-9-7-6-8-15(19)3/h6-14H,1-5H3/b11-10-. The Labute approximate surface area is 123 Å². The van der Waals surface area contributed by atoms with Crippen molar-refractivity contribution in [2.75, 3.05) is 0 Å². The van der Waals surface area contributed by atoms with E-state index in [2.05, 4.69) is 83.2 Å². The van der Waals surface area contributed by atoms with Crippen molar-refractivity contribution in [2.24, 2.45) is 5.92 Å². The average Bonchev–Trinajstić information content (AvgIpc) is 2.40. The average molecular weight is 264 g/mol. The molecule has 0 aromatic heterocycles. The summed E-state index contributed by atoms with van der Waals surface area (Å²) in [7, 11) is 0. The third kappa shape index (κ3) is 3.19. The first-order chi connectivity index (χ1) is 9.49. The van der Waals surface area contributed by atoms with Crippen molar-refractivity contribution in [3.8, 4) is 11.1 Å². The van der Waals surface area contributed by atoms with E-state index in [0.717, 1.165) is 0 Å². The Morgan fingerprint density at radius 2 is 1.50 bits per heavy atom. The molecule has 0 aliphatic rings. The molecule has 2 aromatic rings. The van der Waals surface area contributed by atoms with E-state index >= 15 is 0 Å². The molecule has 0 nitrogen and oxygen atoms in total. The summed E-state index contributed by atoms with van der Waals surface area (Å²) in [5.74, 6) is 0.589. The highest BCUT2D eigenvalue weighted by atomic mass is 14.1. The third-order valence-electron chi connectivity index (χ3n) is 3.71. The van der Waals surface area contributed by atoms with Crippen LogP contribution < -0.4 is 0 Å². The molecule has 2 rings (SSSR count). The quantitative estimate of drug-likeness (QED) is 0.642. The van der Waals surface area contributed by atoms with Crippen LogP contribution in [-0.4, -0.2) is 0 Å². The van der Waals surface area contributed by atoms with Crippen LogP contribution in [0.25, 0.3) is 17.2 Å². The molecule has 0 heteroatoms. The summed E-state index contributed by atoms with van der Waals surface area (Å²) in [5.41, 5.74) is 8.03. The molecule has 0 N–H and O–H groups in total. The lowest BCUT2D eigenvalue weighted by molar-refractivity contribution is 0.836. The minimum absolute atomic E-state index is 0.589. The fourth-order valence-corrected chi connectivity index (χ4v) is 2.48. The van der Waals surface area contributed by atoms with E-state index in [4.69, 9.17) is 0 Å². The van der Waals surface area contributed by atoms with E-state index in [1.54, 1.807) is 0 Å². The van der Waals surface area contributed by atoms with Gasteiger partial charge in [-0.1, -0.05) is 62.4 Å². The molecule has 104 valence electrons. The highest BCUT2D eigenvalue weighted by Crippen LogP contribution is 2.29. The van der Waals surface area contributed by atoms with Crippen LogP contribution in [0.5, 0.6) is 0 Å². The van der Waals surface area contributed by atoms with Crippen LogP contribution in [0.3, 0.4) is 0 Å². The first-order valence-electron chi connectivity index (χ1n) is 7.34. The zero-order valence-electron chi connectivity index (χ0n) is 13.2. The molecule has 0 spiro atoms. The minimum atomic E-state index is 0.589. The maximum atomic E-state index is 2.32. The molecule has 0 bridgehead atoms. The topological polar surface area (TPSA) is 0 Å². The zero-order valence-corrected chi connectivity index (χ0v) is 13.2. The molecule has 0 saturated carbocycles. The molecule has 0 aliphatic heterocycles. The van der Waals surface area contributed by atoms with Crippen molar-refractivity contribution in [2.45, 2.75) is 34.6 Å². The smallest absolute Gasteiger partial charge is 0.0149 e. The highest BCUT2D eigenvalue weighted by molar-refractivity contribution is 5.73. The summed E-state index contributed by atoms with van der Waals surface area (Å²) in [4.78, 5) is 0. The monoisotopic (exact) mass is 264 g/mol. The number of aryl methyl sites for hydroxylation is 3. The van der Waals surface area contributed by atoms with Gasteiger partial charge in [0.1, 0.15) is 0 Å². The molecule has 0 unspecified atom stereocenters. The van der Waals surface area contributed by atoms with Crippen LogP contribution in [0.1, 0.15) is 36.1 Å². The molecular formula is C20H24. The lowest BCUT2D eigenvalue weighted by Crippen LogP contribution is -1.91. The SMILES string of the molecule is Cc1cc(-c2ccccc2C)c(C)cc1/C=C\C(C)C. The molecule has 0 radical (unpaired) electrons. The van der Waals surface area contributed by atoms with E-state index in [9.17, 15) is 0 Å². The van der Waals surface area contributed by atoms with Crippen molar-refractivity contribution in [1.82, 2.24) is 0 Å². The van der Waals surface area contributed by atoms with Crippen LogP contribution in [0.4, 0.5) is 0 Å². The molecule has 20 heavy (non-hydrogen) atoms. The van der Waals surface area contributed by atoms with Gasteiger partial charge in [-0.3, -0.25) is 0 Å². The van der Waals surface area contributed by atoms with Crippen LogP contribution in [0.2, 0.25) is 0 Å². The summed E-state index contributed by atoms with van der Waals surface area (Å²) >= 11 is 0. The fourth-order valence-electron chi connectivity index (χ4n) is 2.48. The van der Waals surface area contributed by atoms with Crippen molar-refractivity contribution < 1.29 is 0 Å². The predicted octanol–water partition coefficient (Wildman–Crippen LogP) is 5.95. The summed E-state index contributed by atoms with van der Waals surface area (Å²) in [5, 5.41) is 0. The van der Waals surface area contributed by atoms with Crippen LogP contribution in [0.15, 0.2) is 42.5 Å². The second-order valence-electron chi connectivity index (χ2n) is 5.94. The molecule has 2 aromatic carbocycles. The van der Waals surface area contributed by atoms with Gasteiger partial charge in [0.15, 0.2) is 0 Å². The molecule has 0 saturated heterocycles. The Balaban J connectivity index is 2.49. The summed E-state index contributed by atoms with van der Waals surface area (Å²) in [6.07, 6.45) is 4.50. The van der Waals surface area contributed by atoms with Gasteiger partial charge in [-0.2, -0.15) is 0 Å². The van der Waals surface area contributed by atoms with Crippen molar-refractivity contribution in [1.29, 1.82) is 0 Å². The minimum Gasteiger partial charge on any atom is -0.0814 e. The Bertz CT molecular complexity index is 630. The molecule has 0 amide bonds. The second-order valence-corrected chi connectivity index (χ2v) is 5.94. The number of hydrogen-bond donors (Lipinski definition) is 0. The van der Waals surface area contributed by atoms with Crippen molar-refractivity contribution >= 4 is 6.08 Å². The normalized spacial score (nSPS) is 11.5. The van der Waals surface area contributed by atoms with Crippen molar-refractivity contribution in [3.63, 3.8) is 0 Å². The van der Waals surface area contributed by atoms with E-state index in [-0.39, 0.29) is 0 Å². The molecule has 0 atom stereocenters.